The molecule has 0 aliphatic rings. The fourth-order valence-electron chi connectivity index (χ4n) is 0.618. The van der Waals surface area contributed by atoms with Crippen LogP contribution in [-0.2, 0) is 4.79 Å². The summed E-state index contributed by atoms with van der Waals surface area (Å²) < 4.78 is 0. The van der Waals surface area contributed by atoms with Gasteiger partial charge in [-0.05, 0) is 0 Å². The van der Waals surface area contributed by atoms with Crippen LogP contribution >= 0.6 is 0 Å². The van der Waals surface area contributed by atoms with Crippen molar-refractivity contribution < 1.29 is 30.3 Å². The van der Waals surface area contributed by atoms with Crippen molar-refractivity contribution in [3.8, 4) is 0 Å². The highest BCUT2D eigenvalue weighted by Gasteiger charge is 2.29. The van der Waals surface area contributed by atoms with Gasteiger partial charge in [0.25, 0.3) is 0 Å². The van der Waals surface area contributed by atoms with E-state index in [9.17, 15) is 4.79 Å². The second-order valence-electron chi connectivity index (χ2n) is 2.36. The van der Waals surface area contributed by atoms with E-state index in [4.69, 9.17) is 25.5 Å². The van der Waals surface area contributed by atoms with Gasteiger partial charge in [-0.15, -0.1) is 0 Å². The van der Waals surface area contributed by atoms with Crippen molar-refractivity contribution in [2.45, 2.75) is 24.4 Å². The van der Waals surface area contributed by atoms with Gasteiger partial charge in [-0.1, -0.05) is 0 Å². The lowest BCUT2D eigenvalue weighted by Gasteiger charge is -2.22. The largest absolute Gasteiger partial charge is 0.394 e. The first-order chi connectivity index (χ1) is 5.54. The monoisotopic (exact) mass is 181 g/mol. The van der Waals surface area contributed by atoms with Crippen LogP contribution in [0.1, 0.15) is 0 Å². The molecule has 6 heteroatoms. The summed E-state index contributed by atoms with van der Waals surface area (Å²) in [6.45, 7) is -0.760. The summed E-state index contributed by atoms with van der Waals surface area (Å²) in [6.07, 6.45) is -6.84. The van der Waals surface area contributed by atoms with E-state index in [0.717, 1.165) is 0 Å². The average Bonchev–Trinajstić information content (AvgIpc) is 2.12. The van der Waals surface area contributed by atoms with Gasteiger partial charge in [0.05, 0.1) is 6.61 Å². The number of aldehydes is 1. The molecule has 0 amide bonds. The second kappa shape index (κ2) is 5.18. The lowest BCUT2D eigenvalue weighted by molar-refractivity contribution is -0.136. The quantitative estimate of drug-likeness (QED) is 0.223. The summed E-state index contributed by atoms with van der Waals surface area (Å²) in [5, 5.41) is 43.5. The Morgan fingerprint density at radius 1 is 1.08 bits per heavy atom. The number of carbonyl (C=O) groups excluding carboxylic acids is 1. The Kier molecular flexibility index (Phi) is 4.95. The number of hydrogen-bond donors (Lipinski definition) is 5. The first-order valence-electron chi connectivity index (χ1n) is 3.33. The van der Waals surface area contributed by atoms with Crippen molar-refractivity contribution in [2.75, 3.05) is 6.61 Å². The molecule has 72 valence electrons. The fourth-order valence-corrected chi connectivity index (χ4v) is 0.618. The van der Waals surface area contributed by atoms with E-state index < -0.39 is 31.0 Å². The van der Waals surface area contributed by atoms with Gasteiger partial charge in [0.1, 0.15) is 24.4 Å². The molecule has 0 aromatic heterocycles. The summed E-state index contributed by atoms with van der Waals surface area (Å²) >= 11 is 0. The molecule has 0 saturated heterocycles. The van der Waals surface area contributed by atoms with Crippen LogP contribution in [0.4, 0.5) is 0 Å². The van der Waals surface area contributed by atoms with Gasteiger partial charge in [-0.2, -0.15) is 0 Å². The number of aliphatic hydroxyl groups excluding tert-OH is 5. The van der Waals surface area contributed by atoms with Crippen LogP contribution in [0.15, 0.2) is 0 Å². The molecule has 0 radical (unpaired) electrons. The Bertz CT molecular complexity index is 138. The van der Waals surface area contributed by atoms with E-state index in [1.54, 1.807) is 0 Å². The Balaban J connectivity index is 4.07. The van der Waals surface area contributed by atoms with E-state index >= 15 is 0 Å². The molecule has 0 aromatic rings. The highest BCUT2D eigenvalue weighted by Crippen LogP contribution is 2.02. The maximum atomic E-state index is 9.90. The molecule has 0 rings (SSSR count). The molecule has 12 heavy (non-hydrogen) atoms. The minimum atomic E-state index is -1.79. The Labute approximate surface area is 68.7 Å². The molecule has 0 heterocycles. The lowest BCUT2D eigenvalue weighted by atomic mass is 10.1. The predicted molar refractivity (Wildman–Crippen MR) is 37.2 cm³/mol. The van der Waals surface area contributed by atoms with Gasteiger partial charge < -0.3 is 30.3 Å². The van der Waals surface area contributed by atoms with Crippen LogP contribution in [0.5, 0.6) is 0 Å². The topological polar surface area (TPSA) is 118 Å². The Hall–Kier alpha value is -0.530. The fraction of sp³-hybridized carbons (Fsp3) is 0.833. The van der Waals surface area contributed by atoms with Gasteiger partial charge in [-0.25, -0.2) is 0 Å². The van der Waals surface area contributed by atoms with Gasteiger partial charge in [-0.3, -0.25) is 0 Å². The van der Waals surface area contributed by atoms with E-state index in [2.05, 4.69) is 0 Å². The first kappa shape index (κ1) is 11.5. The van der Waals surface area contributed by atoms with E-state index in [1.165, 1.54) is 0 Å². The molecule has 6 nitrogen and oxygen atoms in total. The maximum Gasteiger partial charge on any atom is 0.151 e. The third-order valence-electron chi connectivity index (χ3n) is 1.42. The van der Waals surface area contributed by atoms with Crippen LogP contribution < -0.4 is 0 Å². The van der Waals surface area contributed by atoms with Gasteiger partial charge >= 0.3 is 0 Å². The van der Waals surface area contributed by atoms with E-state index in [-0.39, 0.29) is 6.29 Å². The molecule has 0 unspecified atom stereocenters. The van der Waals surface area contributed by atoms with Crippen LogP contribution in [0.25, 0.3) is 0 Å². The third kappa shape index (κ3) is 2.84. The standard InChI is InChI=1S/C6H12O6/c7-1-3(9)5(11)6(12)4(10)2-8/h1,3-6,8-12H,2H2/t3-,4-,5-,6-/m1/s1/i3+1. The van der Waals surface area contributed by atoms with Gasteiger partial charge in [0.2, 0.25) is 0 Å². The van der Waals surface area contributed by atoms with Crippen molar-refractivity contribution in [2.24, 2.45) is 0 Å². The highest BCUT2D eigenvalue weighted by atomic mass is 16.4. The molecule has 0 aliphatic heterocycles. The van der Waals surface area contributed by atoms with Crippen molar-refractivity contribution in [3.05, 3.63) is 0 Å². The highest BCUT2D eigenvalue weighted by molar-refractivity contribution is 5.56. The molecular weight excluding hydrogens is 169 g/mol. The molecule has 0 aliphatic carbocycles. The summed E-state index contributed by atoms with van der Waals surface area (Å²) in [5.74, 6) is 0. The zero-order valence-electron chi connectivity index (χ0n) is 6.24. The predicted octanol–water partition coefficient (Wildman–Crippen LogP) is -3.38. The molecule has 4 atom stereocenters. The van der Waals surface area contributed by atoms with Crippen LogP contribution in [0.3, 0.4) is 0 Å². The van der Waals surface area contributed by atoms with Crippen molar-refractivity contribution in [3.63, 3.8) is 0 Å². The van der Waals surface area contributed by atoms with Crippen LogP contribution in [-0.4, -0.2) is 62.8 Å². The average molecular weight is 181 g/mol. The van der Waals surface area contributed by atoms with Crippen LogP contribution in [0.2, 0.25) is 0 Å². The molecule has 0 aromatic carbocycles. The first-order valence-corrected chi connectivity index (χ1v) is 3.33. The maximum absolute atomic E-state index is 9.90. The van der Waals surface area contributed by atoms with E-state index in [1.807, 2.05) is 0 Å². The number of hydrogen-bond acceptors (Lipinski definition) is 6. The van der Waals surface area contributed by atoms with Gasteiger partial charge in [0.15, 0.2) is 6.29 Å². The van der Waals surface area contributed by atoms with Crippen molar-refractivity contribution in [1.82, 2.24) is 0 Å². The van der Waals surface area contributed by atoms with Crippen molar-refractivity contribution in [1.29, 1.82) is 0 Å². The molecular formula is C6H12O6. The summed E-state index contributed by atoms with van der Waals surface area (Å²) in [4.78, 5) is 9.90. The summed E-state index contributed by atoms with van der Waals surface area (Å²) in [7, 11) is 0. The van der Waals surface area contributed by atoms with Crippen molar-refractivity contribution >= 4 is 6.29 Å². The zero-order chi connectivity index (χ0) is 9.72. The molecule has 0 saturated carbocycles. The SMILES string of the molecule is O=C[13C@@H](O)[C@@H](O)[C@H](O)[C@H](O)CO. The minimum absolute atomic E-state index is 0.0258. The Morgan fingerprint density at radius 2 is 1.58 bits per heavy atom. The Morgan fingerprint density at radius 3 is 1.92 bits per heavy atom. The number of aliphatic hydroxyl groups is 5. The normalized spacial score (nSPS) is 21.1. The third-order valence-corrected chi connectivity index (χ3v) is 1.42. The smallest absolute Gasteiger partial charge is 0.151 e. The van der Waals surface area contributed by atoms with E-state index in [0.29, 0.717) is 0 Å². The summed E-state index contributed by atoms with van der Waals surface area (Å²) in [6, 6.07) is 0. The summed E-state index contributed by atoms with van der Waals surface area (Å²) in [5.41, 5.74) is 0. The number of carbonyl (C=O) groups is 1. The number of rotatable bonds is 5. The molecule has 0 bridgehead atoms. The second-order valence-corrected chi connectivity index (χ2v) is 2.36. The molecule has 0 fully saturated rings. The van der Waals surface area contributed by atoms with Crippen LogP contribution in [0, 0.1) is 0 Å². The molecule has 5 N–H and O–H groups in total. The molecule has 0 spiro atoms. The zero-order valence-corrected chi connectivity index (χ0v) is 6.24. The van der Waals surface area contributed by atoms with Gasteiger partial charge in [0, 0.05) is 0 Å². The lowest BCUT2D eigenvalue weighted by Crippen LogP contribution is -2.46. The minimum Gasteiger partial charge on any atom is -0.394 e.